The minimum Gasteiger partial charge on any atom is -0.477 e. The highest BCUT2D eigenvalue weighted by Crippen LogP contribution is 2.15. The van der Waals surface area contributed by atoms with Crippen LogP contribution in [-0.2, 0) is 33.3 Å². The van der Waals surface area contributed by atoms with Gasteiger partial charge in [-0.2, -0.15) is 0 Å². The summed E-state index contributed by atoms with van der Waals surface area (Å²) >= 11 is 0. The first kappa shape index (κ1) is 71.0. The van der Waals surface area contributed by atoms with Crippen LogP contribution in [0.5, 0.6) is 0 Å². The molecule has 0 spiro atoms. The largest absolute Gasteiger partial charge is 0.477 e. The summed E-state index contributed by atoms with van der Waals surface area (Å²) in [6.45, 7) is 4.71. The molecule has 0 aromatic rings. The van der Waals surface area contributed by atoms with E-state index in [0.717, 1.165) is 103 Å². The maximum Gasteiger partial charge on any atom is 0.361 e. The van der Waals surface area contributed by atoms with Crippen LogP contribution >= 0.6 is 0 Å². The quantitative estimate of drug-likeness (QED) is 0.0211. The number of quaternary nitrogens is 1. The van der Waals surface area contributed by atoms with Crippen LogP contribution in [0.15, 0.2) is 109 Å². The van der Waals surface area contributed by atoms with Gasteiger partial charge >= 0.3 is 17.9 Å². The van der Waals surface area contributed by atoms with Crippen molar-refractivity contribution in [1.29, 1.82) is 0 Å². The Morgan fingerprint density at radius 1 is 0.413 bits per heavy atom. The predicted molar refractivity (Wildman–Crippen MR) is 318 cm³/mol. The van der Waals surface area contributed by atoms with E-state index < -0.39 is 24.3 Å². The van der Waals surface area contributed by atoms with Gasteiger partial charge in [0.1, 0.15) is 13.2 Å². The van der Waals surface area contributed by atoms with Gasteiger partial charge in [0.2, 0.25) is 0 Å². The fraction of sp³-hybridized carbons (Fsp3) is 0.682. The lowest BCUT2D eigenvalue weighted by atomic mass is 10.0. The molecule has 75 heavy (non-hydrogen) atoms. The molecule has 1 N–H and O–H groups in total. The van der Waals surface area contributed by atoms with Gasteiger partial charge in [0.05, 0.1) is 34.4 Å². The molecule has 9 nitrogen and oxygen atoms in total. The van der Waals surface area contributed by atoms with Gasteiger partial charge in [-0.25, -0.2) is 4.79 Å². The first-order valence-electron chi connectivity index (χ1n) is 30.1. The first-order valence-corrected chi connectivity index (χ1v) is 30.1. The summed E-state index contributed by atoms with van der Waals surface area (Å²) in [5, 5.41) is 9.71. The molecule has 0 rings (SSSR count). The van der Waals surface area contributed by atoms with Crippen molar-refractivity contribution in [2.75, 3.05) is 47.5 Å². The molecule has 0 aliphatic rings. The van der Waals surface area contributed by atoms with Crippen LogP contribution in [0.4, 0.5) is 0 Å². The minimum atomic E-state index is -1.52. The molecule has 0 saturated carbocycles. The van der Waals surface area contributed by atoms with Gasteiger partial charge in [-0.3, -0.25) is 9.59 Å². The summed E-state index contributed by atoms with van der Waals surface area (Å²) in [7, 11) is 5.96. The van der Waals surface area contributed by atoms with Crippen molar-refractivity contribution in [2.24, 2.45) is 0 Å². The Balaban J connectivity index is 4.24. The Bertz CT molecular complexity index is 1590. The van der Waals surface area contributed by atoms with Gasteiger partial charge in [0.25, 0.3) is 6.29 Å². The van der Waals surface area contributed by atoms with Crippen molar-refractivity contribution in [2.45, 2.75) is 245 Å². The van der Waals surface area contributed by atoms with E-state index in [-0.39, 0.29) is 38.6 Å². The van der Waals surface area contributed by atoms with Crippen molar-refractivity contribution in [3.05, 3.63) is 109 Å². The summed E-state index contributed by atoms with van der Waals surface area (Å²) < 4.78 is 22.9. The van der Waals surface area contributed by atoms with Crippen molar-refractivity contribution in [3.8, 4) is 0 Å². The zero-order valence-electron chi connectivity index (χ0n) is 48.7. The van der Waals surface area contributed by atoms with Crippen LogP contribution in [0, 0.1) is 0 Å². The zero-order chi connectivity index (χ0) is 54.8. The van der Waals surface area contributed by atoms with Gasteiger partial charge in [-0.1, -0.05) is 226 Å². The van der Waals surface area contributed by atoms with Gasteiger partial charge < -0.3 is 28.5 Å². The van der Waals surface area contributed by atoms with Crippen molar-refractivity contribution in [3.63, 3.8) is 0 Å². The van der Waals surface area contributed by atoms with Gasteiger partial charge in [0, 0.05) is 12.8 Å². The number of carboxylic acid groups (broad SMARTS) is 1. The lowest BCUT2D eigenvalue weighted by Crippen LogP contribution is -2.40. The zero-order valence-corrected chi connectivity index (χ0v) is 48.7. The Labute approximate surface area is 460 Å². The molecule has 0 aromatic heterocycles. The number of nitrogens with zero attached hydrogens (tertiary/aromatic N) is 1. The monoisotopic (exact) mass is 1050 g/mol. The highest BCUT2D eigenvalue weighted by Gasteiger charge is 2.25. The van der Waals surface area contributed by atoms with E-state index >= 15 is 0 Å². The summed E-state index contributed by atoms with van der Waals surface area (Å²) in [4.78, 5) is 37.5. The van der Waals surface area contributed by atoms with E-state index in [9.17, 15) is 19.5 Å². The number of rotatable bonds is 54. The molecular weight excluding hydrogens is 935 g/mol. The number of likely N-dealkylation sites (N-methyl/N-ethyl adjacent to an activating group) is 1. The third-order valence-corrected chi connectivity index (χ3v) is 12.5. The lowest BCUT2D eigenvalue weighted by Gasteiger charge is -2.25. The molecule has 2 unspecified atom stereocenters. The Morgan fingerprint density at radius 3 is 1.13 bits per heavy atom. The SMILES string of the molecule is CC/C=C\C/C=C\C/C=C\C/C=C\C/C=C\C/C=C\CCCCCCCCCCCCCCC(=O)OC(COC(=O)CCCCCCCC/C=C\C/C=C\C/C=C\CCCCC)COC(OCC[N+](C)(C)C)C(=O)O. The summed E-state index contributed by atoms with van der Waals surface area (Å²) in [5.74, 6) is -2.03. The number of aliphatic carboxylic acids is 1. The average molecular weight is 1050 g/mol. The number of hydrogen-bond acceptors (Lipinski definition) is 7. The van der Waals surface area contributed by atoms with E-state index in [0.29, 0.717) is 17.4 Å². The van der Waals surface area contributed by atoms with Crippen LogP contribution in [0.25, 0.3) is 0 Å². The molecule has 0 aliphatic heterocycles. The summed E-state index contributed by atoms with van der Waals surface area (Å²) in [5.41, 5.74) is 0. The van der Waals surface area contributed by atoms with Crippen LogP contribution in [-0.4, -0.2) is 87.4 Å². The third kappa shape index (κ3) is 57.5. The minimum absolute atomic E-state index is 0.180. The number of carboxylic acids is 1. The maximum absolute atomic E-state index is 12.9. The molecular formula is C66H112NO8+. The van der Waals surface area contributed by atoms with Crippen LogP contribution in [0.1, 0.15) is 232 Å². The second-order valence-corrected chi connectivity index (χ2v) is 20.9. The number of carbonyl (C=O) groups is 3. The maximum atomic E-state index is 12.9. The highest BCUT2D eigenvalue weighted by molar-refractivity contribution is 5.71. The van der Waals surface area contributed by atoms with Crippen molar-refractivity contribution in [1.82, 2.24) is 0 Å². The van der Waals surface area contributed by atoms with Crippen molar-refractivity contribution >= 4 is 17.9 Å². The highest BCUT2D eigenvalue weighted by atomic mass is 16.7. The number of esters is 2. The number of unbranched alkanes of at least 4 members (excludes halogenated alkanes) is 21. The van der Waals surface area contributed by atoms with Gasteiger partial charge in [0.15, 0.2) is 6.10 Å². The van der Waals surface area contributed by atoms with E-state index in [1.165, 1.54) is 96.3 Å². The van der Waals surface area contributed by atoms with Gasteiger partial charge in [-0.05, 0) is 103 Å². The Morgan fingerprint density at radius 2 is 0.760 bits per heavy atom. The van der Waals surface area contributed by atoms with E-state index in [2.05, 4.69) is 123 Å². The molecule has 0 aliphatic carbocycles. The molecule has 2 atom stereocenters. The third-order valence-electron chi connectivity index (χ3n) is 12.5. The van der Waals surface area contributed by atoms with Crippen LogP contribution in [0.2, 0.25) is 0 Å². The van der Waals surface area contributed by atoms with Crippen molar-refractivity contribution < 1.29 is 42.9 Å². The second-order valence-electron chi connectivity index (χ2n) is 20.9. The molecule has 0 radical (unpaired) electrons. The standard InChI is InChI=1S/C66H111NO8/c1-6-8-10-12-14-16-18-20-22-24-26-27-28-29-30-31-32-33-34-35-36-37-39-41-43-45-47-49-51-53-55-57-64(69)75-62(61-74-66(65(70)71)72-59-58-67(3,4)5)60-73-63(68)56-54-52-50-48-46-44-42-40-38-25-23-21-19-17-15-13-11-9-7-2/h8,10,14-17,20-23,26-27,29-30,32-33,38,40,62,66H,6-7,9,11-13,18-19,24-25,28,31,34-37,39,41-61H2,1-5H3/p+1/b10-8-,16-14-,17-15-,22-20-,23-21-,27-26-,30-29-,33-32-,40-38-. The van der Waals surface area contributed by atoms with E-state index in [1.54, 1.807) is 0 Å². The van der Waals surface area contributed by atoms with Gasteiger partial charge in [-0.15, -0.1) is 0 Å². The molecule has 0 amide bonds. The van der Waals surface area contributed by atoms with Crippen LogP contribution in [0.3, 0.4) is 0 Å². The number of hydrogen-bond donors (Lipinski definition) is 1. The second kappa shape index (κ2) is 56.2. The molecule has 428 valence electrons. The summed E-state index contributed by atoms with van der Waals surface area (Å²) in [6.07, 6.45) is 74.5. The molecule has 0 aromatic carbocycles. The Hall–Kier alpha value is -4.05. The lowest BCUT2D eigenvalue weighted by molar-refractivity contribution is -0.870. The predicted octanol–water partition coefficient (Wildman–Crippen LogP) is 17.9. The number of ether oxygens (including phenoxy) is 4. The number of carbonyl (C=O) groups excluding carboxylic acids is 2. The summed E-state index contributed by atoms with van der Waals surface area (Å²) in [6, 6.07) is 0. The normalized spacial score (nSPS) is 13.6. The molecule has 0 fully saturated rings. The number of allylic oxidation sites excluding steroid dienone is 18. The molecule has 0 saturated heterocycles. The Kier molecular flexibility index (Phi) is 53.1. The topological polar surface area (TPSA) is 108 Å². The molecule has 0 bridgehead atoms. The first-order chi connectivity index (χ1) is 36.6. The molecule has 9 heteroatoms. The smallest absolute Gasteiger partial charge is 0.361 e. The van der Waals surface area contributed by atoms with Crippen LogP contribution < -0.4 is 0 Å². The molecule has 0 heterocycles. The van der Waals surface area contributed by atoms with E-state index in [4.69, 9.17) is 18.9 Å². The van der Waals surface area contributed by atoms with E-state index in [1.807, 2.05) is 21.1 Å². The fourth-order valence-electron chi connectivity index (χ4n) is 7.91. The average Bonchev–Trinajstić information content (AvgIpc) is 3.38. The fourth-order valence-corrected chi connectivity index (χ4v) is 7.91.